The lowest BCUT2D eigenvalue weighted by Gasteiger charge is -2.11. The zero-order valence-corrected chi connectivity index (χ0v) is 14.1. The summed E-state index contributed by atoms with van der Waals surface area (Å²) < 4.78 is 16.4. The second kappa shape index (κ2) is 6.80. The number of halogens is 1. The van der Waals surface area contributed by atoms with E-state index in [1.807, 2.05) is 13.0 Å². The molecule has 0 spiro atoms. The summed E-state index contributed by atoms with van der Waals surface area (Å²) in [6, 6.07) is 10.5. The Kier molecular flexibility index (Phi) is 5.06. The van der Waals surface area contributed by atoms with Crippen LogP contribution in [0, 0.1) is 10.5 Å². The molecule has 0 aliphatic rings. The molecule has 0 radical (unpaired) electrons. The largest absolute Gasteiger partial charge is 0.497 e. The van der Waals surface area contributed by atoms with Gasteiger partial charge in [0.25, 0.3) is 0 Å². The number of aryl methyl sites for hydroxylation is 1. The zero-order chi connectivity index (χ0) is 15.4. The van der Waals surface area contributed by atoms with Gasteiger partial charge in [-0.15, -0.1) is 0 Å². The quantitative estimate of drug-likeness (QED) is 0.446. The van der Waals surface area contributed by atoms with Crippen LogP contribution in [0.5, 0.6) is 17.2 Å². The molecule has 0 heterocycles. The summed E-state index contributed by atoms with van der Waals surface area (Å²) in [5.74, 6) is 1.43. The van der Waals surface area contributed by atoms with Crippen LogP contribution in [0.4, 0.5) is 0 Å². The summed E-state index contributed by atoms with van der Waals surface area (Å²) in [5, 5.41) is 0. The number of carbonyl (C=O) groups is 1. The maximum atomic E-state index is 12.3. The van der Waals surface area contributed by atoms with Gasteiger partial charge in [0, 0.05) is 0 Å². The molecule has 0 fully saturated rings. The molecular formula is C16H15IO4. The molecule has 0 N–H and O–H groups in total. The van der Waals surface area contributed by atoms with Crippen LogP contribution < -0.4 is 14.2 Å². The van der Waals surface area contributed by atoms with E-state index in [4.69, 9.17) is 14.2 Å². The van der Waals surface area contributed by atoms with Gasteiger partial charge in [-0.25, -0.2) is 4.79 Å². The standard InChI is InChI=1S/C16H15IO4/c1-10-8-13(15(17)14(9-10)20-3)16(18)21-12-6-4-11(19-2)5-7-12/h4-9H,1-3H3. The van der Waals surface area contributed by atoms with Crippen molar-refractivity contribution in [1.82, 2.24) is 0 Å². The van der Waals surface area contributed by atoms with Gasteiger partial charge in [-0.1, -0.05) is 0 Å². The molecule has 5 heteroatoms. The van der Waals surface area contributed by atoms with E-state index in [-0.39, 0.29) is 0 Å². The van der Waals surface area contributed by atoms with E-state index in [2.05, 4.69) is 22.6 Å². The Morgan fingerprint density at radius 1 is 1.00 bits per heavy atom. The van der Waals surface area contributed by atoms with Crippen LogP contribution in [0.1, 0.15) is 15.9 Å². The number of esters is 1. The zero-order valence-electron chi connectivity index (χ0n) is 12.0. The summed E-state index contributed by atoms with van der Waals surface area (Å²) in [5.41, 5.74) is 1.43. The van der Waals surface area contributed by atoms with E-state index in [9.17, 15) is 4.79 Å². The van der Waals surface area contributed by atoms with Crippen LogP contribution in [0.2, 0.25) is 0 Å². The molecule has 0 saturated heterocycles. The van der Waals surface area contributed by atoms with Crippen LogP contribution in [0.15, 0.2) is 36.4 Å². The Labute approximate surface area is 137 Å². The predicted molar refractivity (Wildman–Crippen MR) is 88.4 cm³/mol. The number of ether oxygens (including phenoxy) is 3. The van der Waals surface area contributed by atoms with E-state index in [0.717, 1.165) is 9.13 Å². The van der Waals surface area contributed by atoms with Gasteiger partial charge in [0.15, 0.2) is 0 Å². The van der Waals surface area contributed by atoms with Gasteiger partial charge in [0.1, 0.15) is 17.2 Å². The van der Waals surface area contributed by atoms with Crippen LogP contribution in [0.3, 0.4) is 0 Å². The lowest BCUT2D eigenvalue weighted by molar-refractivity contribution is 0.0733. The van der Waals surface area contributed by atoms with Crippen LogP contribution in [-0.2, 0) is 0 Å². The number of hydrogen-bond donors (Lipinski definition) is 0. The molecule has 2 aromatic carbocycles. The van der Waals surface area contributed by atoms with Gasteiger partial charge in [0.2, 0.25) is 0 Å². The molecule has 0 aliphatic heterocycles. The van der Waals surface area contributed by atoms with Crippen LogP contribution in [0.25, 0.3) is 0 Å². The van der Waals surface area contributed by atoms with Crippen molar-refractivity contribution in [2.24, 2.45) is 0 Å². The lowest BCUT2D eigenvalue weighted by Crippen LogP contribution is -2.11. The Morgan fingerprint density at radius 3 is 2.19 bits per heavy atom. The SMILES string of the molecule is COc1ccc(OC(=O)c2cc(C)cc(OC)c2I)cc1. The Morgan fingerprint density at radius 2 is 1.62 bits per heavy atom. The van der Waals surface area contributed by atoms with Crippen molar-refractivity contribution in [2.45, 2.75) is 6.92 Å². The van der Waals surface area contributed by atoms with E-state index in [0.29, 0.717) is 22.8 Å². The molecule has 2 aromatic rings. The van der Waals surface area contributed by atoms with Gasteiger partial charge in [0.05, 0.1) is 23.4 Å². The van der Waals surface area contributed by atoms with Gasteiger partial charge >= 0.3 is 5.97 Å². The molecule has 21 heavy (non-hydrogen) atoms. The minimum Gasteiger partial charge on any atom is -0.497 e. The normalized spacial score (nSPS) is 10.1. The first-order valence-corrected chi connectivity index (χ1v) is 7.33. The molecule has 0 atom stereocenters. The molecule has 110 valence electrons. The van der Waals surface area contributed by atoms with Gasteiger partial charge < -0.3 is 14.2 Å². The number of hydrogen-bond acceptors (Lipinski definition) is 4. The number of carbonyl (C=O) groups excluding carboxylic acids is 1. The third kappa shape index (κ3) is 3.66. The van der Waals surface area contributed by atoms with Gasteiger partial charge in [-0.3, -0.25) is 0 Å². The van der Waals surface area contributed by atoms with E-state index in [1.165, 1.54) is 0 Å². The maximum absolute atomic E-state index is 12.3. The smallest absolute Gasteiger partial charge is 0.344 e. The van der Waals surface area contributed by atoms with E-state index >= 15 is 0 Å². The van der Waals surface area contributed by atoms with Crippen LogP contribution >= 0.6 is 22.6 Å². The minimum absolute atomic E-state index is 0.411. The fourth-order valence-electron chi connectivity index (χ4n) is 1.84. The molecule has 0 aromatic heterocycles. The maximum Gasteiger partial charge on any atom is 0.344 e. The molecule has 2 rings (SSSR count). The average Bonchev–Trinajstić information content (AvgIpc) is 2.49. The molecule has 0 aliphatic carbocycles. The summed E-state index contributed by atoms with van der Waals surface area (Å²) in [7, 11) is 3.16. The highest BCUT2D eigenvalue weighted by molar-refractivity contribution is 14.1. The predicted octanol–water partition coefficient (Wildman–Crippen LogP) is 3.84. The van der Waals surface area contributed by atoms with Crippen LogP contribution in [-0.4, -0.2) is 20.2 Å². The second-order valence-electron chi connectivity index (χ2n) is 4.39. The first-order chi connectivity index (χ1) is 10.0. The minimum atomic E-state index is -0.411. The third-order valence-electron chi connectivity index (χ3n) is 2.89. The topological polar surface area (TPSA) is 44.8 Å². The number of benzene rings is 2. The Hall–Kier alpha value is -1.76. The fraction of sp³-hybridized carbons (Fsp3) is 0.188. The van der Waals surface area contributed by atoms with Gasteiger partial charge in [-0.05, 0) is 71.5 Å². The van der Waals surface area contributed by atoms with E-state index < -0.39 is 5.97 Å². The summed E-state index contributed by atoms with van der Waals surface area (Å²) >= 11 is 2.08. The summed E-state index contributed by atoms with van der Waals surface area (Å²) in [4.78, 5) is 12.3. The van der Waals surface area contributed by atoms with Crippen molar-refractivity contribution < 1.29 is 19.0 Å². The van der Waals surface area contributed by atoms with Crippen molar-refractivity contribution in [3.63, 3.8) is 0 Å². The third-order valence-corrected chi connectivity index (χ3v) is 4.01. The van der Waals surface area contributed by atoms with Gasteiger partial charge in [-0.2, -0.15) is 0 Å². The van der Waals surface area contributed by atoms with E-state index in [1.54, 1.807) is 44.6 Å². The first-order valence-electron chi connectivity index (χ1n) is 6.25. The number of rotatable bonds is 4. The van der Waals surface area contributed by atoms with Crippen molar-refractivity contribution in [2.75, 3.05) is 14.2 Å². The first kappa shape index (κ1) is 15.6. The lowest BCUT2D eigenvalue weighted by atomic mass is 10.1. The van der Waals surface area contributed by atoms with Crippen molar-refractivity contribution in [3.05, 3.63) is 51.1 Å². The second-order valence-corrected chi connectivity index (χ2v) is 5.47. The highest BCUT2D eigenvalue weighted by atomic mass is 127. The molecular weight excluding hydrogens is 383 g/mol. The van der Waals surface area contributed by atoms with Crippen molar-refractivity contribution >= 4 is 28.6 Å². The Balaban J connectivity index is 2.25. The highest BCUT2D eigenvalue weighted by Gasteiger charge is 2.17. The monoisotopic (exact) mass is 398 g/mol. The van der Waals surface area contributed by atoms with Crippen molar-refractivity contribution in [3.8, 4) is 17.2 Å². The fourth-order valence-corrected chi connectivity index (χ4v) is 2.59. The molecule has 4 nitrogen and oxygen atoms in total. The molecule has 0 unspecified atom stereocenters. The highest BCUT2D eigenvalue weighted by Crippen LogP contribution is 2.27. The Bertz CT molecular complexity index is 650. The van der Waals surface area contributed by atoms with Crippen molar-refractivity contribution in [1.29, 1.82) is 0 Å². The average molecular weight is 398 g/mol. The molecule has 0 saturated carbocycles. The molecule has 0 bridgehead atoms. The summed E-state index contributed by atoms with van der Waals surface area (Å²) in [6.07, 6.45) is 0. The number of methoxy groups -OCH3 is 2. The summed E-state index contributed by atoms with van der Waals surface area (Å²) in [6.45, 7) is 1.91. The molecule has 0 amide bonds.